The number of carbonyl (C=O) groups is 1. The second-order valence-electron chi connectivity index (χ2n) is 4.62. The summed E-state index contributed by atoms with van der Waals surface area (Å²) in [6, 6.07) is 11.4. The van der Waals surface area contributed by atoms with Gasteiger partial charge in [0.1, 0.15) is 23.1 Å². The van der Waals surface area contributed by atoms with E-state index in [1.54, 1.807) is 0 Å². The van der Waals surface area contributed by atoms with Gasteiger partial charge in [-0.15, -0.1) is 0 Å². The smallest absolute Gasteiger partial charge is 0.322 e. The SMILES string of the molecule is O=C(CCC(F)(F)Cl)Oc1ccc(Oc2ccc(F)cc2)cc1. The van der Waals surface area contributed by atoms with Gasteiger partial charge in [-0.05, 0) is 60.1 Å². The fourth-order valence-corrected chi connectivity index (χ4v) is 1.74. The van der Waals surface area contributed by atoms with Gasteiger partial charge in [0, 0.05) is 6.42 Å². The van der Waals surface area contributed by atoms with Crippen LogP contribution in [-0.2, 0) is 4.79 Å². The van der Waals surface area contributed by atoms with Gasteiger partial charge in [0.15, 0.2) is 0 Å². The van der Waals surface area contributed by atoms with E-state index in [-0.39, 0.29) is 11.6 Å². The van der Waals surface area contributed by atoms with Gasteiger partial charge in [0.05, 0.1) is 6.42 Å². The number of hydrogen-bond donors (Lipinski definition) is 0. The van der Waals surface area contributed by atoms with Crippen molar-refractivity contribution in [3.63, 3.8) is 0 Å². The molecule has 2 rings (SSSR count). The van der Waals surface area contributed by atoms with E-state index in [1.165, 1.54) is 48.5 Å². The van der Waals surface area contributed by atoms with Crippen molar-refractivity contribution < 1.29 is 27.4 Å². The van der Waals surface area contributed by atoms with Gasteiger partial charge in [0.25, 0.3) is 0 Å². The molecule has 0 aromatic heterocycles. The number of hydrogen-bond acceptors (Lipinski definition) is 3. The van der Waals surface area contributed by atoms with E-state index in [9.17, 15) is 18.0 Å². The van der Waals surface area contributed by atoms with Crippen LogP contribution in [0.1, 0.15) is 12.8 Å². The highest BCUT2D eigenvalue weighted by Gasteiger charge is 2.26. The molecule has 0 atom stereocenters. The van der Waals surface area contributed by atoms with Crippen LogP contribution in [0.15, 0.2) is 48.5 Å². The second kappa shape index (κ2) is 7.37. The molecule has 0 radical (unpaired) electrons. The number of alkyl halides is 3. The zero-order chi connectivity index (χ0) is 16.9. The predicted molar refractivity (Wildman–Crippen MR) is 78.6 cm³/mol. The molecule has 23 heavy (non-hydrogen) atoms. The van der Waals surface area contributed by atoms with Crippen molar-refractivity contribution in [3.05, 3.63) is 54.3 Å². The maximum atomic E-state index is 12.8. The van der Waals surface area contributed by atoms with Gasteiger partial charge in [0.2, 0.25) is 0 Å². The van der Waals surface area contributed by atoms with Gasteiger partial charge in [-0.3, -0.25) is 4.79 Å². The molecule has 0 saturated carbocycles. The summed E-state index contributed by atoms with van der Waals surface area (Å²) in [5.41, 5.74) is 0. The minimum atomic E-state index is -3.42. The number of benzene rings is 2. The first kappa shape index (κ1) is 17.1. The summed E-state index contributed by atoms with van der Waals surface area (Å²) in [4.78, 5) is 11.4. The highest BCUT2D eigenvalue weighted by Crippen LogP contribution is 2.26. The van der Waals surface area contributed by atoms with Gasteiger partial charge in [-0.25, -0.2) is 4.39 Å². The van der Waals surface area contributed by atoms with Crippen LogP contribution in [0.25, 0.3) is 0 Å². The summed E-state index contributed by atoms with van der Waals surface area (Å²) in [5, 5.41) is -3.42. The third-order valence-corrected chi connectivity index (χ3v) is 2.91. The molecule has 0 heterocycles. The van der Waals surface area contributed by atoms with E-state index >= 15 is 0 Å². The molecule has 3 nitrogen and oxygen atoms in total. The van der Waals surface area contributed by atoms with Crippen LogP contribution in [-0.4, -0.2) is 11.4 Å². The van der Waals surface area contributed by atoms with Gasteiger partial charge >= 0.3 is 11.4 Å². The number of esters is 1. The molecule has 0 aliphatic carbocycles. The van der Waals surface area contributed by atoms with E-state index < -0.39 is 24.2 Å². The van der Waals surface area contributed by atoms with Crippen LogP contribution >= 0.6 is 11.6 Å². The molecule has 2 aromatic carbocycles. The van der Waals surface area contributed by atoms with Gasteiger partial charge in [-0.2, -0.15) is 8.78 Å². The van der Waals surface area contributed by atoms with E-state index in [1.807, 2.05) is 0 Å². The highest BCUT2D eigenvalue weighted by atomic mass is 35.5. The van der Waals surface area contributed by atoms with Crippen LogP contribution in [0.5, 0.6) is 17.2 Å². The maximum Gasteiger partial charge on any atom is 0.322 e. The Hall–Kier alpha value is -2.21. The molecule has 0 fully saturated rings. The fourth-order valence-electron chi connectivity index (χ4n) is 1.64. The Labute approximate surface area is 135 Å². The molecule has 0 aliphatic rings. The topological polar surface area (TPSA) is 35.5 Å². The maximum absolute atomic E-state index is 12.8. The van der Waals surface area contributed by atoms with Crippen molar-refractivity contribution in [1.82, 2.24) is 0 Å². The first-order chi connectivity index (χ1) is 10.8. The molecular formula is C16H12ClF3O3. The minimum absolute atomic E-state index is 0.194. The molecule has 122 valence electrons. The molecule has 0 unspecified atom stereocenters. The summed E-state index contributed by atoms with van der Waals surface area (Å²) in [5.74, 6) is -0.0943. The predicted octanol–water partition coefficient (Wildman–Crippen LogP) is 5.14. The number of ether oxygens (including phenoxy) is 2. The molecule has 0 aliphatic heterocycles. The largest absolute Gasteiger partial charge is 0.457 e. The lowest BCUT2D eigenvalue weighted by atomic mass is 10.3. The molecule has 7 heteroatoms. The average Bonchev–Trinajstić information content (AvgIpc) is 2.49. The molecule has 0 N–H and O–H groups in total. The molecule has 0 spiro atoms. The van der Waals surface area contributed by atoms with Crippen molar-refractivity contribution in [2.24, 2.45) is 0 Å². The Morgan fingerprint density at radius 1 is 0.957 bits per heavy atom. The summed E-state index contributed by atoms with van der Waals surface area (Å²) in [7, 11) is 0. The first-order valence-electron chi connectivity index (χ1n) is 6.63. The lowest BCUT2D eigenvalue weighted by molar-refractivity contribution is -0.135. The van der Waals surface area contributed by atoms with Crippen molar-refractivity contribution in [2.75, 3.05) is 0 Å². The zero-order valence-electron chi connectivity index (χ0n) is 11.8. The van der Waals surface area contributed by atoms with E-state index in [0.29, 0.717) is 11.5 Å². The monoisotopic (exact) mass is 344 g/mol. The molecular weight excluding hydrogens is 333 g/mol. The van der Waals surface area contributed by atoms with Crippen molar-refractivity contribution in [1.29, 1.82) is 0 Å². The highest BCUT2D eigenvalue weighted by molar-refractivity contribution is 6.21. The molecule has 2 aromatic rings. The summed E-state index contributed by atoms with van der Waals surface area (Å²) in [6.07, 6.45) is -1.29. The van der Waals surface area contributed by atoms with Crippen LogP contribution < -0.4 is 9.47 Å². The summed E-state index contributed by atoms with van der Waals surface area (Å²) < 4.78 is 48.0. The normalized spacial score (nSPS) is 11.1. The van der Waals surface area contributed by atoms with Crippen molar-refractivity contribution in [3.8, 4) is 17.2 Å². The first-order valence-corrected chi connectivity index (χ1v) is 7.00. The van der Waals surface area contributed by atoms with Crippen molar-refractivity contribution >= 4 is 17.6 Å². The number of halogens is 4. The van der Waals surface area contributed by atoms with Gasteiger partial charge in [-0.1, -0.05) is 0 Å². The quantitative estimate of drug-likeness (QED) is 0.414. The number of carbonyl (C=O) groups excluding carboxylic acids is 1. The Morgan fingerprint density at radius 3 is 1.96 bits per heavy atom. The zero-order valence-corrected chi connectivity index (χ0v) is 12.5. The number of rotatable bonds is 6. The van der Waals surface area contributed by atoms with Gasteiger partial charge < -0.3 is 9.47 Å². The minimum Gasteiger partial charge on any atom is -0.457 e. The van der Waals surface area contributed by atoms with Crippen LogP contribution in [0.2, 0.25) is 0 Å². The van der Waals surface area contributed by atoms with Crippen LogP contribution in [0.3, 0.4) is 0 Å². The van der Waals surface area contributed by atoms with E-state index in [0.717, 1.165) is 0 Å². The Morgan fingerprint density at radius 2 is 1.43 bits per heavy atom. The fraction of sp³-hybridized carbons (Fsp3) is 0.188. The molecule has 0 bridgehead atoms. The van der Waals surface area contributed by atoms with Crippen molar-refractivity contribution in [2.45, 2.75) is 18.2 Å². The summed E-state index contributed by atoms with van der Waals surface area (Å²) >= 11 is 4.71. The Balaban J connectivity index is 1.89. The molecule has 0 amide bonds. The standard InChI is InChI=1S/C16H12ClF3O3/c17-16(19,20)10-9-15(21)23-14-7-5-13(6-8-14)22-12-3-1-11(18)2-4-12/h1-8H,9-10H2. The van der Waals surface area contributed by atoms with Crippen LogP contribution in [0, 0.1) is 5.82 Å². The third kappa shape index (κ3) is 6.20. The van der Waals surface area contributed by atoms with E-state index in [4.69, 9.17) is 21.1 Å². The Bertz CT molecular complexity index is 652. The lowest BCUT2D eigenvalue weighted by Gasteiger charge is -2.09. The van der Waals surface area contributed by atoms with Crippen LogP contribution in [0.4, 0.5) is 13.2 Å². The van der Waals surface area contributed by atoms with E-state index in [2.05, 4.69) is 0 Å². The summed E-state index contributed by atoms with van der Waals surface area (Å²) in [6.45, 7) is 0. The lowest BCUT2D eigenvalue weighted by Crippen LogP contribution is -2.13. The Kier molecular flexibility index (Phi) is 5.50. The third-order valence-electron chi connectivity index (χ3n) is 2.72. The average molecular weight is 345 g/mol. The molecule has 0 saturated heterocycles. The second-order valence-corrected chi connectivity index (χ2v) is 5.17.